The minimum Gasteiger partial charge on any atom is -0.310 e. The van der Waals surface area contributed by atoms with Crippen LogP contribution in [-0.2, 0) is 4.79 Å². The molecule has 4 heteroatoms. The SMILES string of the molecule is CC1CCNC1C(=O)N(CCC#N)c1ccccc1. The molecule has 1 N–H and O–H groups in total. The summed E-state index contributed by atoms with van der Waals surface area (Å²) in [7, 11) is 0. The fraction of sp³-hybridized carbons (Fsp3) is 0.467. The Labute approximate surface area is 114 Å². The van der Waals surface area contributed by atoms with Crippen LogP contribution < -0.4 is 10.2 Å². The number of anilines is 1. The maximum absolute atomic E-state index is 12.6. The lowest BCUT2D eigenvalue weighted by molar-refractivity contribution is -0.121. The highest BCUT2D eigenvalue weighted by molar-refractivity contribution is 5.97. The Kier molecular flexibility index (Phi) is 4.53. The van der Waals surface area contributed by atoms with Crippen molar-refractivity contribution in [3.8, 4) is 6.07 Å². The zero-order valence-corrected chi connectivity index (χ0v) is 11.2. The van der Waals surface area contributed by atoms with Crippen molar-refractivity contribution in [2.24, 2.45) is 5.92 Å². The van der Waals surface area contributed by atoms with E-state index in [0.717, 1.165) is 18.7 Å². The molecule has 100 valence electrons. The van der Waals surface area contributed by atoms with E-state index in [0.29, 0.717) is 18.9 Å². The predicted octanol–water partition coefficient (Wildman–Crippen LogP) is 1.93. The Morgan fingerprint density at radius 2 is 2.21 bits per heavy atom. The summed E-state index contributed by atoms with van der Waals surface area (Å²) < 4.78 is 0. The highest BCUT2D eigenvalue weighted by Gasteiger charge is 2.32. The van der Waals surface area contributed by atoms with Crippen molar-refractivity contribution in [3.05, 3.63) is 30.3 Å². The van der Waals surface area contributed by atoms with Crippen LogP contribution >= 0.6 is 0 Å². The molecule has 1 aliphatic heterocycles. The van der Waals surface area contributed by atoms with Gasteiger partial charge in [0.2, 0.25) is 5.91 Å². The van der Waals surface area contributed by atoms with E-state index in [1.807, 2.05) is 30.3 Å². The summed E-state index contributed by atoms with van der Waals surface area (Å²) >= 11 is 0. The van der Waals surface area contributed by atoms with E-state index in [1.165, 1.54) is 0 Å². The Bertz CT molecular complexity index is 466. The number of hydrogen-bond donors (Lipinski definition) is 1. The number of amides is 1. The van der Waals surface area contributed by atoms with Crippen molar-refractivity contribution < 1.29 is 4.79 Å². The standard InChI is InChI=1S/C15H19N3O/c1-12-8-10-17-14(12)15(19)18(11-5-9-16)13-6-3-2-4-7-13/h2-4,6-7,12,14,17H,5,8,10-11H2,1H3. The molecule has 0 radical (unpaired) electrons. The molecule has 1 fully saturated rings. The molecule has 19 heavy (non-hydrogen) atoms. The van der Waals surface area contributed by atoms with Crippen LogP contribution in [-0.4, -0.2) is 25.0 Å². The molecule has 0 saturated carbocycles. The van der Waals surface area contributed by atoms with Gasteiger partial charge >= 0.3 is 0 Å². The summed E-state index contributed by atoms with van der Waals surface area (Å²) in [6.07, 6.45) is 1.37. The molecule has 2 atom stereocenters. The van der Waals surface area contributed by atoms with Crippen LogP contribution in [0.1, 0.15) is 19.8 Å². The molecule has 2 unspecified atom stereocenters. The van der Waals surface area contributed by atoms with Crippen molar-refractivity contribution in [1.82, 2.24) is 5.32 Å². The first-order chi connectivity index (χ1) is 9.24. The van der Waals surface area contributed by atoms with E-state index in [1.54, 1.807) is 4.90 Å². The van der Waals surface area contributed by atoms with Gasteiger partial charge in [-0.15, -0.1) is 0 Å². The van der Waals surface area contributed by atoms with Crippen LogP contribution in [0, 0.1) is 17.2 Å². The van der Waals surface area contributed by atoms with Gasteiger partial charge in [0.1, 0.15) is 0 Å². The first-order valence-electron chi connectivity index (χ1n) is 6.71. The third-order valence-corrected chi connectivity index (χ3v) is 3.58. The fourth-order valence-electron chi connectivity index (χ4n) is 2.47. The summed E-state index contributed by atoms with van der Waals surface area (Å²) in [5.41, 5.74) is 0.864. The largest absolute Gasteiger partial charge is 0.310 e. The molecular formula is C15H19N3O. The third kappa shape index (κ3) is 3.12. The molecule has 1 aromatic rings. The summed E-state index contributed by atoms with van der Waals surface area (Å²) in [6, 6.07) is 11.6. The zero-order valence-electron chi connectivity index (χ0n) is 11.2. The monoisotopic (exact) mass is 257 g/mol. The summed E-state index contributed by atoms with van der Waals surface area (Å²) in [5.74, 6) is 0.423. The van der Waals surface area contributed by atoms with Gasteiger partial charge in [-0.3, -0.25) is 4.79 Å². The fourth-order valence-corrected chi connectivity index (χ4v) is 2.47. The molecule has 1 aliphatic rings. The highest BCUT2D eigenvalue weighted by atomic mass is 16.2. The second-order valence-corrected chi connectivity index (χ2v) is 4.93. The number of carbonyl (C=O) groups is 1. The second kappa shape index (κ2) is 6.35. The molecule has 0 aliphatic carbocycles. The smallest absolute Gasteiger partial charge is 0.244 e. The van der Waals surface area contributed by atoms with Gasteiger partial charge in [-0.05, 0) is 31.0 Å². The molecule has 2 rings (SSSR count). The maximum atomic E-state index is 12.6. The predicted molar refractivity (Wildman–Crippen MR) is 74.6 cm³/mol. The summed E-state index contributed by atoms with van der Waals surface area (Å²) in [5, 5.41) is 12.0. The van der Waals surface area contributed by atoms with Crippen molar-refractivity contribution >= 4 is 11.6 Å². The topological polar surface area (TPSA) is 56.1 Å². The Hall–Kier alpha value is -1.86. The van der Waals surface area contributed by atoms with Gasteiger partial charge in [0.05, 0.1) is 18.5 Å². The minimum absolute atomic E-state index is 0.0754. The average Bonchev–Trinajstić information content (AvgIpc) is 2.86. The van der Waals surface area contributed by atoms with Crippen molar-refractivity contribution in [2.45, 2.75) is 25.8 Å². The van der Waals surface area contributed by atoms with E-state index in [9.17, 15) is 4.79 Å². The molecule has 0 aromatic heterocycles. The van der Waals surface area contributed by atoms with Gasteiger partial charge < -0.3 is 10.2 Å². The first kappa shape index (κ1) is 13.6. The normalized spacial score (nSPS) is 21.9. The van der Waals surface area contributed by atoms with Crippen molar-refractivity contribution in [3.63, 3.8) is 0 Å². The van der Waals surface area contributed by atoms with E-state index in [2.05, 4.69) is 18.3 Å². The van der Waals surface area contributed by atoms with Crippen molar-refractivity contribution in [2.75, 3.05) is 18.0 Å². The minimum atomic E-state index is -0.126. The maximum Gasteiger partial charge on any atom is 0.244 e. The second-order valence-electron chi connectivity index (χ2n) is 4.93. The van der Waals surface area contributed by atoms with Gasteiger partial charge in [-0.25, -0.2) is 0 Å². The van der Waals surface area contributed by atoms with Crippen LogP contribution in [0.4, 0.5) is 5.69 Å². The number of nitriles is 1. The van der Waals surface area contributed by atoms with Gasteiger partial charge in [-0.2, -0.15) is 5.26 Å². The van der Waals surface area contributed by atoms with Gasteiger partial charge in [0.15, 0.2) is 0 Å². The number of nitrogens with one attached hydrogen (secondary N) is 1. The number of rotatable bonds is 4. The van der Waals surface area contributed by atoms with E-state index in [4.69, 9.17) is 5.26 Å². The first-order valence-corrected chi connectivity index (χ1v) is 6.71. The lowest BCUT2D eigenvalue weighted by atomic mass is 10.0. The van der Waals surface area contributed by atoms with Crippen LogP contribution in [0.2, 0.25) is 0 Å². The van der Waals surface area contributed by atoms with Crippen LogP contribution in [0.25, 0.3) is 0 Å². The van der Waals surface area contributed by atoms with E-state index in [-0.39, 0.29) is 11.9 Å². The Balaban J connectivity index is 2.18. The molecular weight excluding hydrogens is 238 g/mol. The van der Waals surface area contributed by atoms with Gasteiger partial charge in [-0.1, -0.05) is 25.1 Å². The zero-order chi connectivity index (χ0) is 13.7. The lowest BCUT2D eigenvalue weighted by Crippen LogP contribution is -2.46. The molecule has 0 bridgehead atoms. The lowest BCUT2D eigenvalue weighted by Gasteiger charge is -2.26. The summed E-state index contributed by atoms with van der Waals surface area (Å²) in [6.45, 7) is 3.43. The molecule has 0 spiro atoms. The molecule has 1 amide bonds. The van der Waals surface area contributed by atoms with E-state index >= 15 is 0 Å². The highest BCUT2D eigenvalue weighted by Crippen LogP contribution is 2.21. The van der Waals surface area contributed by atoms with Crippen LogP contribution in [0.5, 0.6) is 0 Å². The van der Waals surface area contributed by atoms with Crippen molar-refractivity contribution in [1.29, 1.82) is 5.26 Å². The molecule has 1 heterocycles. The Morgan fingerprint density at radius 1 is 1.47 bits per heavy atom. The Morgan fingerprint density at radius 3 is 2.79 bits per heavy atom. The molecule has 1 aromatic carbocycles. The number of para-hydroxylation sites is 1. The average molecular weight is 257 g/mol. The number of hydrogen-bond acceptors (Lipinski definition) is 3. The third-order valence-electron chi connectivity index (χ3n) is 3.58. The molecule has 1 saturated heterocycles. The number of benzene rings is 1. The van der Waals surface area contributed by atoms with Gasteiger partial charge in [0.25, 0.3) is 0 Å². The van der Waals surface area contributed by atoms with Gasteiger partial charge in [0, 0.05) is 12.2 Å². The van der Waals surface area contributed by atoms with Crippen LogP contribution in [0.3, 0.4) is 0 Å². The van der Waals surface area contributed by atoms with Crippen LogP contribution in [0.15, 0.2) is 30.3 Å². The molecule has 4 nitrogen and oxygen atoms in total. The number of carbonyl (C=O) groups excluding carboxylic acids is 1. The van der Waals surface area contributed by atoms with E-state index < -0.39 is 0 Å². The number of nitrogens with zero attached hydrogens (tertiary/aromatic N) is 2. The quantitative estimate of drug-likeness (QED) is 0.896. The summed E-state index contributed by atoms with van der Waals surface area (Å²) in [4.78, 5) is 14.3.